The monoisotopic (exact) mass is 273 g/mol. The van der Waals surface area contributed by atoms with Crippen molar-refractivity contribution in [2.75, 3.05) is 0 Å². The molecule has 0 aliphatic heterocycles. The van der Waals surface area contributed by atoms with Crippen molar-refractivity contribution in [1.29, 1.82) is 0 Å². The van der Waals surface area contributed by atoms with Crippen LogP contribution in [0.2, 0.25) is 5.02 Å². The molecule has 0 radical (unpaired) electrons. The fourth-order valence-corrected chi connectivity index (χ4v) is 2.28. The molecule has 96 valence electrons. The van der Waals surface area contributed by atoms with E-state index in [-0.39, 0.29) is 5.78 Å². The predicted octanol–water partition coefficient (Wildman–Crippen LogP) is 4.21. The number of nitrogens with one attached hydrogen (secondary N) is 1. The molecule has 0 saturated heterocycles. The van der Waals surface area contributed by atoms with Crippen LogP contribution in [0.15, 0.2) is 40.9 Å². The normalized spacial score (nSPS) is 11.1. The minimum atomic E-state index is -0.131. The number of halogens is 1. The molecule has 0 fully saturated rings. The van der Waals surface area contributed by atoms with Crippen molar-refractivity contribution in [2.45, 2.75) is 13.3 Å². The third-order valence-corrected chi connectivity index (χ3v) is 3.36. The Labute approximate surface area is 115 Å². The molecule has 2 aromatic heterocycles. The van der Waals surface area contributed by atoms with Crippen molar-refractivity contribution >= 4 is 28.3 Å². The smallest absolute Gasteiger partial charge is 0.230 e. The van der Waals surface area contributed by atoms with Gasteiger partial charge < -0.3 is 9.40 Å². The fourth-order valence-electron chi connectivity index (χ4n) is 2.10. The largest absolute Gasteiger partial charge is 0.458 e. The van der Waals surface area contributed by atoms with Crippen LogP contribution in [0.3, 0.4) is 0 Å². The Hall–Kier alpha value is -2.00. The molecule has 0 aliphatic carbocycles. The summed E-state index contributed by atoms with van der Waals surface area (Å²) in [7, 11) is 0. The second-order valence-corrected chi connectivity index (χ2v) is 4.78. The SMILES string of the molecule is CCc1ccc(C(=O)c2c[nH]c3ccc(Cl)cc23)o1. The molecule has 3 rings (SSSR count). The lowest BCUT2D eigenvalue weighted by Gasteiger charge is -1.97. The summed E-state index contributed by atoms with van der Waals surface area (Å²) in [6.45, 7) is 1.98. The Kier molecular flexibility index (Phi) is 2.91. The molecule has 0 amide bonds. The number of fused-ring (bicyclic) bond motifs is 1. The Morgan fingerprint density at radius 2 is 2.16 bits per heavy atom. The predicted molar refractivity (Wildman–Crippen MR) is 74.8 cm³/mol. The zero-order valence-corrected chi connectivity index (χ0v) is 11.1. The first-order valence-corrected chi connectivity index (χ1v) is 6.47. The Morgan fingerprint density at radius 3 is 2.89 bits per heavy atom. The molecule has 3 aromatic rings. The van der Waals surface area contributed by atoms with Crippen molar-refractivity contribution in [1.82, 2.24) is 4.98 Å². The second kappa shape index (κ2) is 4.59. The highest BCUT2D eigenvalue weighted by atomic mass is 35.5. The Bertz CT molecular complexity index is 754. The van der Waals surface area contributed by atoms with Gasteiger partial charge in [0.1, 0.15) is 5.76 Å². The third kappa shape index (κ3) is 2.06. The summed E-state index contributed by atoms with van der Waals surface area (Å²) in [4.78, 5) is 15.5. The van der Waals surface area contributed by atoms with E-state index in [9.17, 15) is 4.79 Å². The van der Waals surface area contributed by atoms with Gasteiger partial charge >= 0.3 is 0 Å². The lowest BCUT2D eigenvalue weighted by Crippen LogP contribution is -1.98. The summed E-state index contributed by atoms with van der Waals surface area (Å²) in [5.74, 6) is 1.03. The number of aryl methyl sites for hydroxylation is 1. The highest BCUT2D eigenvalue weighted by molar-refractivity contribution is 6.31. The molecule has 19 heavy (non-hydrogen) atoms. The first-order valence-electron chi connectivity index (χ1n) is 6.09. The standard InChI is InChI=1S/C15H12ClNO2/c1-2-10-4-6-14(19-10)15(18)12-8-17-13-5-3-9(16)7-11(12)13/h3-8,17H,2H2,1H3. The molecule has 0 saturated carbocycles. The van der Waals surface area contributed by atoms with E-state index >= 15 is 0 Å². The Morgan fingerprint density at radius 1 is 1.32 bits per heavy atom. The van der Waals surface area contributed by atoms with Crippen molar-refractivity contribution in [3.63, 3.8) is 0 Å². The molecule has 4 heteroatoms. The van der Waals surface area contributed by atoms with Crippen LogP contribution in [0.4, 0.5) is 0 Å². The van der Waals surface area contributed by atoms with Crippen LogP contribution in [0.5, 0.6) is 0 Å². The van der Waals surface area contributed by atoms with E-state index in [4.69, 9.17) is 16.0 Å². The third-order valence-electron chi connectivity index (χ3n) is 3.12. The summed E-state index contributed by atoms with van der Waals surface area (Å²) in [5, 5.41) is 1.42. The number of hydrogen-bond donors (Lipinski definition) is 1. The minimum Gasteiger partial charge on any atom is -0.458 e. The number of H-pyrrole nitrogens is 1. The molecule has 0 unspecified atom stereocenters. The molecule has 0 bridgehead atoms. The van der Waals surface area contributed by atoms with E-state index in [0.29, 0.717) is 16.3 Å². The number of furan rings is 1. The number of hydrogen-bond acceptors (Lipinski definition) is 2. The van der Waals surface area contributed by atoms with Crippen molar-refractivity contribution < 1.29 is 9.21 Å². The number of carbonyl (C=O) groups is 1. The van der Waals surface area contributed by atoms with Gasteiger partial charge in [-0.05, 0) is 30.3 Å². The molecule has 0 spiro atoms. The molecular weight excluding hydrogens is 262 g/mol. The summed E-state index contributed by atoms with van der Waals surface area (Å²) in [5.41, 5.74) is 1.46. The maximum absolute atomic E-state index is 12.4. The number of benzene rings is 1. The molecule has 3 nitrogen and oxygen atoms in total. The van der Waals surface area contributed by atoms with Gasteiger partial charge in [0, 0.05) is 28.5 Å². The summed E-state index contributed by atoms with van der Waals surface area (Å²) < 4.78 is 5.50. The highest BCUT2D eigenvalue weighted by Gasteiger charge is 2.17. The molecule has 0 atom stereocenters. The maximum Gasteiger partial charge on any atom is 0.230 e. The number of aromatic amines is 1. The highest BCUT2D eigenvalue weighted by Crippen LogP contribution is 2.25. The van der Waals surface area contributed by atoms with Crippen LogP contribution in [-0.2, 0) is 6.42 Å². The van der Waals surface area contributed by atoms with Crippen LogP contribution in [-0.4, -0.2) is 10.8 Å². The van der Waals surface area contributed by atoms with Gasteiger partial charge in [-0.3, -0.25) is 4.79 Å². The fraction of sp³-hybridized carbons (Fsp3) is 0.133. The van der Waals surface area contributed by atoms with Gasteiger partial charge in [0.25, 0.3) is 0 Å². The number of rotatable bonds is 3. The van der Waals surface area contributed by atoms with Gasteiger partial charge in [-0.25, -0.2) is 0 Å². The zero-order chi connectivity index (χ0) is 13.4. The van der Waals surface area contributed by atoms with E-state index in [2.05, 4.69) is 4.98 Å². The van der Waals surface area contributed by atoms with Gasteiger partial charge in [0.2, 0.25) is 5.78 Å². The van der Waals surface area contributed by atoms with Crippen LogP contribution < -0.4 is 0 Å². The number of carbonyl (C=O) groups excluding carboxylic acids is 1. The van der Waals surface area contributed by atoms with Crippen LogP contribution in [0.1, 0.15) is 28.8 Å². The van der Waals surface area contributed by atoms with E-state index in [1.54, 1.807) is 24.4 Å². The van der Waals surface area contributed by atoms with Gasteiger partial charge in [-0.1, -0.05) is 18.5 Å². The van der Waals surface area contributed by atoms with Crippen LogP contribution in [0, 0.1) is 0 Å². The molecule has 2 heterocycles. The molecule has 1 N–H and O–H groups in total. The van der Waals surface area contributed by atoms with Gasteiger partial charge in [-0.2, -0.15) is 0 Å². The van der Waals surface area contributed by atoms with Gasteiger partial charge in [0.05, 0.1) is 5.56 Å². The summed E-state index contributed by atoms with van der Waals surface area (Å²) >= 11 is 5.98. The van der Waals surface area contributed by atoms with Gasteiger partial charge in [-0.15, -0.1) is 0 Å². The van der Waals surface area contributed by atoms with E-state index in [1.165, 1.54) is 0 Å². The summed E-state index contributed by atoms with van der Waals surface area (Å²) in [6.07, 6.45) is 2.46. The maximum atomic E-state index is 12.4. The van der Waals surface area contributed by atoms with E-state index in [1.807, 2.05) is 19.1 Å². The van der Waals surface area contributed by atoms with E-state index in [0.717, 1.165) is 23.1 Å². The van der Waals surface area contributed by atoms with E-state index < -0.39 is 0 Å². The van der Waals surface area contributed by atoms with Crippen molar-refractivity contribution in [3.05, 3.63) is 58.6 Å². The lowest BCUT2D eigenvalue weighted by molar-refractivity contribution is 0.101. The average Bonchev–Trinajstić information content (AvgIpc) is 3.04. The quantitative estimate of drug-likeness (QED) is 0.727. The number of ketones is 1. The first-order chi connectivity index (χ1) is 9.19. The van der Waals surface area contributed by atoms with Gasteiger partial charge in [0.15, 0.2) is 5.76 Å². The van der Waals surface area contributed by atoms with Crippen molar-refractivity contribution in [2.24, 2.45) is 0 Å². The second-order valence-electron chi connectivity index (χ2n) is 4.34. The van der Waals surface area contributed by atoms with Crippen LogP contribution in [0.25, 0.3) is 10.9 Å². The zero-order valence-electron chi connectivity index (χ0n) is 10.4. The summed E-state index contributed by atoms with van der Waals surface area (Å²) in [6, 6.07) is 8.97. The van der Waals surface area contributed by atoms with Crippen LogP contribution >= 0.6 is 11.6 Å². The average molecular weight is 274 g/mol. The minimum absolute atomic E-state index is 0.131. The molecular formula is C15H12ClNO2. The Balaban J connectivity index is 2.08. The number of aromatic nitrogens is 1. The first kappa shape index (κ1) is 12.1. The van der Waals surface area contributed by atoms with Crippen molar-refractivity contribution in [3.8, 4) is 0 Å². The molecule has 0 aliphatic rings. The molecule has 1 aromatic carbocycles. The topological polar surface area (TPSA) is 46.0 Å². The lowest BCUT2D eigenvalue weighted by atomic mass is 10.1.